The predicted molar refractivity (Wildman–Crippen MR) is 59.7 cm³/mol. The topological polar surface area (TPSA) is 56.5 Å². The van der Waals surface area contributed by atoms with Crippen LogP contribution in [0.1, 0.15) is 26.5 Å². The van der Waals surface area contributed by atoms with Crippen molar-refractivity contribution in [3.8, 4) is 0 Å². The highest BCUT2D eigenvalue weighted by Crippen LogP contribution is 2.11. The Morgan fingerprint density at radius 3 is 2.71 bits per heavy atom. The van der Waals surface area contributed by atoms with Crippen LogP contribution in [0.5, 0.6) is 0 Å². The maximum absolute atomic E-state index is 11.6. The second-order valence-electron chi connectivity index (χ2n) is 3.38. The van der Waals surface area contributed by atoms with Gasteiger partial charge in [-0.05, 0) is 11.6 Å². The number of carbonyl (C=O) groups excluding carboxylic acids is 2. The summed E-state index contributed by atoms with van der Waals surface area (Å²) in [5.74, 6) is -0.697. The summed E-state index contributed by atoms with van der Waals surface area (Å²) in [7, 11) is 0. The zero-order valence-corrected chi connectivity index (χ0v) is 8.96. The molecule has 0 fully saturated rings. The van der Waals surface area contributed by atoms with Crippen LogP contribution in [0.15, 0.2) is 47.1 Å². The first-order chi connectivity index (χ1) is 8.31. The molecule has 0 radical (unpaired) electrons. The van der Waals surface area contributed by atoms with Crippen LogP contribution >= 0.6 is 0 Å². The molecule has 1 heterocycles. The van der Waals surface area contributed by atoms with Gasteiger partial charge in [0.2, 0.25) is 5.76 Å². The van der Waals surface area contributed by atoms with Gasteiger partial charge < -0.3 is 9.15 Å². The number of carbonyl (C=O) groups is 2. The largest absolute Gasteiger partial charge is 0.457 e. The average Bonchev–Trinajstić information content (AvgIpc) is 2.85. The zero-order valence-electron chi connectivity index (χ0n) is 8.96. The maximum atomic E-state index is 11.6. The molecule has 4 nitrogen and oxygen atoms in total. The molecule has 2 rings (SSSR count). The van der Waals surface area contributed by atoms with Crippen LogP contribution in [0.2, 0.25) is 0 Å². The third-order valence-corrected chi connectivity index (χ3v) is 2.22. The van der Waals surface area contributed by atoms with E-state index < -0.39 is 5.97 Å². The molecule has 0 aliphatic carbocycles. The summed E-state index contributed by atoms with van der Waals surface area (Å²) in [5.41, 5.74) is 1.07. The lowest BCUT2D eigenvalue weighted by Gasteiger charge is -2.02. The molecule has 0 atom stereocenters. The molecule has 0 aliphatic rings. The third kappa shape index (κ3) is 2.60. The minimum absolute atomic E-state index is 0.0593. The van der Waals surface area contributed by atoms with Crippen molar-refractivity contribution in [2.24, 2.45) is 0 Å². The minimum Gasteiger partial charge on any atom is -0.457 e. The van der Waals surface area contributed by atoms with Gasteiger partial charge in [0, 0.05) is 0 Å². The zero-order chi connectivity index (χ0) is 12.1. The van der Waals surface area contributed by atoms with Crippen molar-refractivity contribution in [1.82, 2.24) is 0 Å². The monoisotopic (exact) mass is 230 g/mol. The highest BCUT2D eigenvalue weighted by molar-refractivity contribution is 5.95. The normalized spacial score (nSPS) is 9.88. The Bertz CT molecular complexity index is 513. The van der Waals surface area contributed by atoms with Gasteiger partial charge in [-0.25, -0.2) is 4.79 Å². The van der Waals surface area contributed by atoms with Crippen molar-refractivity contribution in [1.29, 1.82) is 0 Å². The molecular formula is C13H10O4. The van der Waals surface area contributed by atoms with E-state index >= 15 is 0 Å². The molecule has 0 amide bonds. The molecule has 0 saturated heterocycles. The van der Waals surface area contributed by atoms with Crippen molar-refractivity contribution < 1.29 is 18.7 Å². The second-order valence-corrected chi connectivity index (χ2v) is 3.38. The quantitative estimate of drug-likeness (QED) is 0.598. The predicted octanol–water partition coefficient (Wildman–Crippen LogP) is 2.45. The van der Waals surface area contributed by atoms with E-state index in [1.807, 2.05) is 30.3 Å². The first-order valence-electron chi connectivity index (χ1n) is 5.05. The van der Waals surface area contributed by atoms with E-state index in [0.29, 0.717) is 6.29 Å². The number of benzene rings is 1. The molecule has 86 valence electrons. The molecule has 4 heteroatoms. The summed E-state index contributed by atoms with van der Waals surface area (Å²) in [5, 5.41) is 0. The Kier molecular flexibility index (Phi) is 3.35. The van der Waals surface area contributed by atoms with Gasteiger partial charge in [0.15, 0.2) is 6.29 Å². The Labute approximate surface area is 97.8 Å². The molecule has 0 N–H and O–H groups in total. The van der Waals surface area contributed by atoms with Crippen molar-refractivity contribution in [2.75, 3.05) is 0 Å². The van der Waals surface area contributed by atoms with E-state index in [1.54, 1.807) is 0 Å². The van der Waals surface area contributed by atoms with Gasteiger partial charge >= 0.3 is 5.97 Å². The van der Waals surface area contributed by atoms with Crippen LogP contribution in [0.3, 0.4) is 0 Å². The van der Waals surface area contributed by atoms with E-state index in [0.717, 1.165) is 5.56 Å². The summed E-state index contributed by atoms with van der Waals surface area (Å²) in [6, 6.07) is 10.7. The van der Waals surface area contributed by atoms with E-state index in [-0.39, 0.29) is 17.9 Å². The average molecular weight is 230 g/mol. The fourth-order valence-corrected chi connectivity index (χ4v) is 1.37. The van der Waals surface area contributed by atoms with Gasteiger partial charge in [0.05, 0.1) is 11.8 Å². The smallest absolute Gasteiger partial charge is 0.375 e. The van der Waals surface area contributed by atoms with Crippen LogP contribution in [0, 0.1) is 0 Å². The Hall–Kier alpha value is -2.36. The van der Waals surface area contributed by atoms with Gasteiger partial charge in [0.25, 0.3) is 0 Å². The summed E-state index contributed by atoms with van der Waals surface area (Å²) in [4.78, 5) is 22.2. The third-order valence-electron chi connectivity index (χ3n) is 2.22. The van der Waals surface area contributed by atoms with Crippen molar-refractivity contribution in [2.45, 2.75) is 6.61 Å². The highest BCUT2D eigenvalue weighted by atomic mass is 16.5. The first-order valence-corrected chi connectivity index (χ1v) is 5.05. The minimum atomic E-state index is -0.638. The van der Waals surface area contributed by atoms with E-state index in [2.05, 4.69) is 0 Å². The number of rotatable bonds is 4. The van der Waals surface area contributed by atoms with E-state index in [1.165, 1.54) is 12.3 Å². The molecule has 1 aromatic carbocycles. The van der Waals surface area contributed by atoms with Crippen LogP contribution < -0.4 is 0 Å². The second kappa shape index (κ2) is 5.12. The Balaban J connectivity index is 2.01. The molecule has 2 aromatic rings. The van der Waals surface area contributed by atoms with Crippen LogP contribution in [-0.4, -0.2) is 12.3 Å². The maximum Gasteiger partial charge on any atom is 0.375 e. The van der Waals surface area contributed by atoms with Gasteiger partial charge in [-0.1, -0.05) is 30.3 Å². The van der Waals surface area contributed by atoms with E-state index in [9.17, 15) is 9.59 Å². The molecule has 0 unspecified atom stereocenters. The summed E-state index contributed by atoms with van der Waals surface area (Å²) in [6.45, 7) is 0.151. The Morgan fingerprint density at radius 2 is 2.00 bits per heavy atom. The number of furan rings is 1. The SMILES string of the molecule is O=Cc1ccoc1C(=O)OCc1ccccc1. The molecule has 17 heavy (non-hydrogen) atoms. The fourth-order valence-electron chi connectivity index (χ4n) is 1.37. The first kappa shape index (κ1) is 11.1. The van der Waals surface area contributed by atoms with Crippen molar-refractivity contribution in [3.63, 3.8) is 0 Å². The molecule has 1 aromatic heterocycles. The molecule has 0 aliphatic heterocycles. The van der Waals surface area contributed by atoms with E-state index in [4.69, 9.17) is 9.15 Å². The summed E-state index contributed by atoms with van der Waals surface area (Å²) >= 11 is 0. The number of aldehydes is 1. The van der Waals surface area contributed by atoms with Gasteiger partial charge in [-0.2, -0.15) is 0 Å². The lowest BCUT2D eigenvalue weighted by atomic mass is 10.2. The van der Waals surface area contributed by atoms with Crippen LogP contribution in [0.25, 0.3) is 0 Å². The molecular weight excluding hydrogens is 220 g/mol. The van der Waals surface area contributed by atoms with Crippen LogP contribution in [0.4, 0.5) is 0 Å². The van der Waals surface area contributed by atoms with Crippen LogP contribution in [-0.2, 0) is 11.3 Å². The molecule has 0 saturated carbocycles. The molecule has 0 spiro atoms. The number of esters is 1. The summed E-state index contributed by atoms with van der Waals surface area (Å²) < 4.78 is 9.92. The van der Waals surface area contributed by atoms with Gasteiger partial charge in [0.1, 0.15) is 6.61 Å². The Morgan fingerprint density at radius 1 is 1.24 bits per heavy atom. The van der Waals surface area contributed by atoms with Gasteiger partial charge in [-0.15, -0.1) is 0 Å². The standard InChI is InChI=1S/C13H10O4/c14-8-11-6-7-16-12(11)13(15)17-9-10-4-2-1-3-5-10/h1-8H,9H2. The number of hydrogen-bond acceptors (Lipinski definition) is 4. The highest BCUT2D eigenvalue weighted by Gasteiger charge is 2.16. The lowest BCUT2D eigenvalue weighted by Crippen LogP contribution is -2.06. The number of hydrogen-bond donors (Lipinski definition) is 0. The summed E-state index contributed by atoms with van der Waals surface area (Å²) in [6.07, 6.45) is 1.84. The van der Waals surface area contributed by atoms with Gasteiger partial charge in [-0.3, -0.25) is 4.79 Å². The van der Waals surface area contributed by atoms with Crippen molar-refractivity contribution >= 4 is 12.3 Å². The number of ether oxygens (including phenoxy) is 1. The molecule has 0 bridgehead atoms. The lowest BCUT2D eigenvalue weighted by molar-refractivity contribution is 0.0434. The van der Waals surface area contributed by atoms with Crippen molar-refractivity contribution in [3.05, 3.63) is 59.5 Å². The fraction of sp³-hybridized carbons (Fsp3) is 0.0769.